The van der Waals surface area contributed by atoms with Crippen molar-refractivity contribution in [2.45, 2.75) is 11.4 Å². The second-order valence-electron chi connectivity index (χ2n) is 2.08. The maximum Gasteiger partial charge on any atom is 0.243 e. The van der Waals surface area contributed by atoms with E-state index in [1.54, 1.807) is 18.0 Å². The van der Waals surface area contributed by atoms with Crippen LogP contribution in [-0.2, 0) is 4.79 Å². The third-order valence-corrected chi connectivity index (χ3v) is 2.02. The predicted octanol–water partition coefficient (Wildman–Crippen LogP) is 0.620. The third-order valence-electron chi connectivity index (χ3n) is 1.57. The minimum atomic E-state index is -0.368. The molecule has 1 heterocycles. The second-order valence-corrected chi connectivity index (χ2v) is 2.55. The first kappa shape index (κ1) is 6.62. The number of rotatable bonds is 1. The van der Waals surface area contributed by atoms with Crippen LogP contribution in [0.15, 0.2) is 12.7 Å². The van der Waals surface area contributed by atoms with Gasteiger partial charge < -0.3 is 4.90 Å². The molecule has 0 unspecified atom stereocenters. The van der Waals surface area contributed by atoms with Gasteiger partial charge in [0, 0.05) is 7.05 Å². The molecule has 0 N–H and O–H groups in total. The minimum Gasteiger partial charge on any atom is -0.336 e. The van der Waals surface area contributed by atoms with Crippen molar-refractivity contribution >= 4 is 17.5 Å². The second kappa shape index (κ2) is 2.03. The molecule has 1 aliphatic rings. The maximum absolute atomic E-state index is 10.7. The molecular weight excluding hydrogens is 138 g/mol. The zero-order chi connectivity index (χ0) is 7.02. The summed E-state index contributed by atoms with van der Waals surface area (Å²) >= 11 is 5.60. The zero-order valence-corrected chi connectivity index (χ0v) is 5.93. The van der Waals surface area contributed by atoms with Gasteiger partial charge in [0.05, 0.1) is 6.04 Å². The number of hydrogen-bond donors (Lipinski definition) is 0. The Morgan fingerprint density at radius 1 is 1.89 bits per heavy atom. The van der Waals surface area contributed by atoms with Crippen molar-refractivity contribution < 1.29 is 4.79 Å². The minimum absolute atomic E-state index is 0.0124. The molecule has 1 amide bonds. The van der Waals surface area contributed by atoms with Crippen LogP contribution in [0.3, 0.4) is 0 Å². The largest absolute Gasteiger partial charge is 0.336 e. The summed E-state index contributed by atoms with van der Waals surface area (Å²) in [6, 6.07) is 0.0409. The Bertz CT molecular complexity index is 145. The van der Waals surface area contributed by atoms with Crippen LogP contribution in [0.25, 0.3) is 0 Å². The van der Waals surface area contributed by atoms with E-state index in [1.165, 1.54) is 0 Å². The van der Waals surface area contributed by atoms with Crippen LogP contribution in [0.4, 0.5) is 0 Å². The highest BCUT2D eigenvalue weighted by Gasteiger charge is 2.41. The molecular formula is C6H8ClNO. The first-order chi connectivity index (χ1) is 4.18. The lowest BCUT2D eigenvalue weighted by atomic mass is 10.0. The van der Waals surface area contributed by atoms with Crippen LogP contribution >= 0.6 is 11.6 Å². The number of carbonyl (C=O) groups excluding carboxylic acids is 1. The third kappa shape index (κ3) is 0.741. The Morgan fingerprint density at radius 2 is 2.44 bits per heavy atom. The Hall–Kier alpha value is -0.500. The Labute approximate surface area is 59.1 Å². The van der Waals surface area contributed by atoms with Crippen molar-refractivity contribution in [3.63, 3.8) is 0 Å². The fraction of sp³-hybridized carbons (Fsp3) is 0.500. The molecule has 0 aromatic rings. The van der Waals surface area contributed by atoms with Gasteiger partial charge in [-0.2, -0.15) is 0 Å². The fourth-order valence-corrected chi connectivity index (χ4v) is 1.31. The van der Waals surface area contributed by atoms with Crippen molar-refractivity contribution in [1.29, 1.82) is 0 Å². The van der Waals surface area contributed by atoms with Crippen LogP contribution in [-0.4, -0.2) is 29.3 Å². The van der Waals surface area contributed by atoms with Gasteiger partial charge in [0.25, 0.3) is 0 Å². The van der Waals surface area contributed by atoms with E-state index in [2.05, 4.69) is 6.58 Å². The van der Waals surface area contributed by atoms with Crippen molar-refractivity contribution in [3.05, 3.63) is 12.7 Å². The zero-order valence-electron chi connectivity index (χ0n) is 5.17. The summed E-state index contributed by atoms with van der Waals surface area (Å²) in [6.07, 6.45) is 1.68. The van der Waals surface area contributed by atoms with E-state index in [4.69, 9.17) is 11.6 Å². The van der Waals surface area contributed by atoms with E-state index >= 15 is 0 Å². The highest BCUT2D eigenvalue weighted by molar-refractivity contribution is 6.33. The number of alkyl halides is 1. The lowest BCUT2D eigenvalue weighted by Crippen LogP contribution is -2.59. The van der Waals surface area contributed by atoms with Crippen LogP contribution in [0, 0.1) is 0 Å². The molecule has 0 radical (unpaired) electrons. The molecule has 0 bridgehead atoms. The predicted molar refractivity (Wildman–Crippen MR) is 36.4 cm³/mol. The average Bonchev–Trinajstić information content (AvgIpc) is 1.89. The van der Waals surface area contributed by atoms with Gasteiger partial charge in [-0.1, -0.05) is 6.08 Å². The molecule has 1 aliphatic heterocycles. The topological polar surface area (TPSA) is 20.3 Å². The molecule has 1 fully saturated rings. The van der Waals surface area contributed by atoms with Crippen LogP contribution in [0.1, 0.15) is 0 Å². The number of β-lactam (4-membered cyclic amide) rings is 1. The van der Waals surface area contributed by atoms with E-state index in [-0.39, 0.29) is 17.3 Å². The highest BCUT2D eigenvalue weighted by Crippen LogP contribution is 2.23. The number of nitrogens with zero attached hydrogens (tertiary/aromatic N) is 1. The van der Waals surface area contributed by atoms with E-state index in [0.717, 1.165) is 0 Å². The molecule has 0 aromatic heterocycles. The Morgan fingerprint density at radius 3 is 2.67 bits per heavy atom. The van der Waals surface area contributed by atoms with Gasteiger partial charge in [0.1, 0.15) is 5.38 Å². The molecule has 2 atom stereocenters. The first-order valence-electron chi connectivity index (χ1n) is 2.71. The van der Waals surface area contributed by atoms with Gasteiger partial charge in [-0.15, -0.1) is 18.2 Å². The average molecular weight is 146 g/mol. The van der Waals surface area contributed by atoms with E-state index in [1.807, 2.05) is 0 Å². The van der Waals surface area contributed by atoms with Crippen LogP contribution < -0.4 is 0 Å². The number of likely N-dealkylation sites (N-methyl/N-ethyl adjacent to an activating group) is 1. The summed E-state index contributed by atoms with van der Waals surface area (Å²) in [5.74, 6) is -0.0124. The summed E-state index contributed by atoms with van der Waals surface area (Å²) < 4.78 is 0. The van der Waals surface area contributed by atoms with E-state index in [9.17, 15) is 4.79 Å². The van der Waals surface area contributed by atoms with Gasteiger partial charge in [-0.3, -0.25) is 4.79 Å². The quantitative estimate of drug-likeness (QED) is 0.301. The molecule has 0 aromatic carbocycles. The molecule has 9 heavy (non-hydrogen) atoms. The van der Waals surface area contributed by atoms with Gasteiger partial charge in [0.2, 0.25) is 5.91 Å². The number of likely N-dealkylation sites (tertiary alicyclic amines) is 1. The lowest BCUT2D eigenvalue weighted by molar-refractivity contribution is -0.140. The Kier molecular flexibility index (Phi) is 1.49. The van der Waals surface area contributed by atoms with E-state index < -0.39 is 0 Å². The lowest BCUT2D eigenvalue weighted by Gasteiger charge is -2.39. The summed E-state index contributed by atoms with van der Waals surface area (Å²) in [4.78, 5) is 12.3. The molecule has 0 aliphatic carbocycles. The summed E-state index contributed by atoms with van der Waals surface area (Å²) in [7, 11) is 1.72. The van der Waals surface area contributed by atoms with Crippen molar-refractivity contribution in [2.75, 3.05) is 7.05 Å². The summed E-state index contributed by atoms with van der Waals surface area (Å²) in [5.41, 5.74) is 0. The normalized spacial score (nSPS) is 34.0. The molecule has 1 rings (SSSR count). The molecule has 0 saturated carbocycles. The van der Waals surface area contributed by atoms with Crippen LogP contribution in [0.2, 0.25) is 0 Å². The first-order valence-corrected chi connectivity index (χ1v) is 3.15. The van der Waals surface area contributed by atoms with Crippen molar-refractivity contribution in [3.8, 4) is 0 Å². The van der Waals surface area contributed by atoms with Crippen molar-refractivity contribution in [2.24, 2.45) is 0 Å². The van der Waals surface area contributed by atoms with Gasteiger partial charge in [-0.05, 0) is 0 Å². The molecule has 50 valence electrons. The number of hydrogen-bond acceptors (Lipinski definition) is 1. The maximum atomic E-state index is 10.7. The smallest absolute Gasteiger partial charge is 0.243 e. The molecule has 3 heteroatoms. The number of halogens is 1. The van der Waals surface area contributed by atoms with Gasteiger partial charge >= 0.3 is 0 Å². The van der Waals surface area contributed by atoms with Gasteiger partial charge in [-0.25, -0.2) is 0 Å². The van der Waals surface area contributed by atoms with E-state index in [0.29, 0.717) is 0 Å². The SMILES string of the molecule is C=C[C@@H]1[C@@H](Cl)C(=O)N1C. The van der Waals surface area contributed by atoms with Gasteiger partial charge in [0.15, 0.2) is 0 Å². The highest BCUT2D eigenvalue weighted by atomic mass is 35.5. The summed E-state index contributed by atoms with van der Waals surface area (Å²) in [5, 5.41) is -0.368. The standard InChI is InChI=1S/C6H8ClNO/c1-3-4-5(7)6(9)8(4)2/h3-5H,1H2,2H3/t4-,5-/m1/s1. The van der Waals surface area contributed by atoms with Crippen LogP contribution in [0.5, 0.6) is 0 Å². The monoisotopic (exact) mass is 145 g/mol. The number of amides is 1. The number of carbonyl (C=O) groups is 1. The Balaban J connectivity index is 2.61. The summed E-state index contributed by atoms with van der Waals surface area (Å²) in [6.45, 7) is 3.54. The molecule has 0 spiro atoms. The van der Waals surface area contributed by atoms with Crippen molar-refractivity contribution in [1.82, 2.24) is 4.90 Å². The molecule has 2 nitrogen and oxygen atoms in total. The molecule has 1 saturated heterocycles. The fourth-order valence-electron chi connectivity index (χ4n) is 0.879.